The van der Waals surface area contributed by atoms with Crippen LogP contribution in [0.1, 0.15) is 73.7 Å². The third-order valence-electron chi connectivity index (χ3n) is 8.58. The maximum Gasteiger partial charge on any atom is 0.198 e. The van der Waals surface area contributed by atoms with Crippen molar-refractivity contribution in [3.8, 4) is 0 Å². The minimum Gasteiger partial charge on any atom is -0.545 e. The molecule has 2 aromatic heterocycles. The summed E-state index contributed by atoms with van der Waals surface area (Å²) in [7, 11) is 1.65. The fraction of sp³-hybridized carbons (Fsp3) is 0.552. The first-order chi connectivity index (χ1) is 18.5. The number of carbonyl (C=O) groups excluding carboxylic acids is 2. The number of ether oxygens (including phenoxy) is 2. The van der Waals surface area contributed by atoms with Crippen LogP contribution in [-0.4, -0.2) is 46.8 Å². The molecule has 2 fully saturated rings. The number of aromatic carboxylic acids is 1. The van der Waals surface area contributed by atoms with E-state index in [1.54, 1.807) is 31.4 Å². The second kappa shape index (κ2) is 10.7. The summed E-state index contributed by atoms with van der Waals surface area (Å²) in [6.45, 7) is 8.35. The average molecular weight is 602 g/mol. The van der Waals surface area contributed by atoms with Gasteiger partial charge in [-0.1, -0.05) is 27.7 Å². The van der Waals surface area contributed by atoms with Gasteiger partial charge < -0.3 is 34.1 Å². The van der Waals surface area contributed by atoms with E-state index >= 15 is 0 Å². The molecule has 10 heteroatoms. The number of oxazole rings is 1. The van der Waals surface area contributed by atoms with Crippen molar-refractivity contribution >= 4 is 44.5 Å². The highest BCUT2D eigenvalue weighted by atomic mass is 79.9. The Morgan fingerprint density at radius 1 is 1.26 bits per heavy atom. The molecule has 5 rings (SSSR count). The first-order valence-electron chi connectivity index (χ1n) is 13.6. The Morgan fingerprint density at radius 3 is 2.69 bits per heavy atom. The summed E-state index contributed by atoms with van der Waals surface area (Å²) < 4.78 is 20.4. The molecule has 0 radical (unpaired) electrons. The van der Waals surface area contributed by atoms with Crippen molar-refractivity contribution in [2.75, 3.05) is 12.4 Å². The van der Waals surface area contributed by atoms with Crippen molar-refractivity contribution < 1.29 is 28.6 Å². The number of anilines is 1. The second-order valence-corrected chi connectivity index (χ2v) is 12.2. The van der Waals surface area contributed by atoms with Crippen molar-refractivity contribution in [2.24, 2.45) is 23.7 Å². The van der Waals surface area contributed by atoms with Crippen LogP contribution in [0.3, 0.4) is 0 Å². The molecular formula is C29H35BrN3O6-. The lowest BCUT2D eigenvalue weighted by atomic mass is 9.75. The van der Waals surface area contributed by atoms with Crippen LogP contribution < -0.4 is 10.4 Å². The monoisotopic (exact) mass is 600 g/mol. The van der Waals surface area contributed by atoms with Gasteiger partial charge in [0.05, 0.1) is 35.9 Å². The summed E-state index contributed by atoms with van der Waals surface area (Å²) >= 11 is 3.41. The normalized spacial score (nSPS) is 29.9. The molecule has 0 saturated carbocycles. The zero-order chi connectivity index (χ0) is 28.1. The zero-order valence-electron chi connectivity index (χ0n) is 22.9. The Labute approximate surface area is 236 Å². The average Bonchev–Trinajstić information content (AvgIpc) is 3.52. The molecule has 1 spiro atoms. The number of ketones is 1. The number of hydrogen-bond donors (Lipinski definition) is 2. The number of carboxylic acid groups (broad SMARTS) is 1. The number of fused-ring (bicyclic) bond motifs is 1. The predicted octanol–water partition coefficient (Wildman–Crippen LogP) is 4.96. The molecule has 4 heterocycles. The molecule has 0 amide bonds. The van der Waals surface area contributed by atoms with E-state index in [0.717, 1.165) is 23.7 Å². The molecule has 7 atom stereocenters. The summed E-state index contributed by atoms with van der Waals surface area (Å²) in [5.74, 6) is -1.53. The van der Waals surface area contributed by atoms with Crippen molar-refractivity contribution in [3.63, 3.8) is 0 Å². The van der Waals surface area contributed by atoms with E-state index in [4.69, 9.17) is 13.9 Å². The number of carbonyl (C=O) groups is 2. The summed E-state index contributed by atoms with van der Waals surface area (Å²) in [4.78, 5) is 32.7. The molecule has 3 aromatic rings. The topological polar surface area (TPSA) is 130 Å². The summed E-state index contributed by atoms with van der Waals surface area (Å²) in [6.07, 6.45) is 4.09. The molecule has 0 aliphatic carbocycles. The number of rotatable bonds is 7. The number of benzene rings is 1. The fourth-order valence-electron chi connectivity index (χ4n) is 6.29. The number of nitrogens with zero attached hydrogens (tertiary/aromatic N) is 1. The van der Waals surface area contributed by atoms with E-state index in [1.807, 2.05) is 6.92 Å². The molecule has 0 unspecified atom stereocenters. The predicted molar refractivity (Wildman–Crippen MR) is 147 cm³/mol. The van der Waals surface area contributed by atoms with Crippen molar-refractivity contribution in [1.29, 1.82) is 0 Å². The molecule has 2 aliphatic heterocycles. The Balaban J connectivity index is 1.38. The molecule has 2 saturated heterocycles. The quantitative estimate of drug-likeness (QED) is 0.364. The largest absolute Gasteiger partial charge is 0.545 e. The van der Waals surface area contributed by atoms with E-state index in [2.05, 4.69) is 52.0 Å². The Hall–Kier alpha value is -2.69. The number of hydrogen-bond acceptors (Lipinski definition) is 8. The SMILES string of the molecule is CNc1ccc2oc(C[C@@H]3O[C@@]4(CC[C@@H]3C)O[C@H]([C@@H](C)C(=O)c3cc(Br)c[nH]3)[C@H](C)C[C@H]4C)nc2c1C(=O)[O-]. The van der Waals surface area contributed by atoms with E-state index in [-0.39, 0.29) is 52.7 Å². The lowest BCUT2D eigenvalue weighted by Crippen LogP contribution is -2.58. The fourth-order valence-corrected chi connectivity index (χ4v) is 6.63. The third kappa shape index (κ3) is 5.14. The Morgan fingerprint density at radius 2 is 2.03 bits per heavy atom. The van der Waals surface area contributed by atoms with Gasteiger partial charge in [0, 0.05) is 41.7 Å². The highest BCUT2D eigenvalue weighted by molar-refractivity contribution is 9.10. The second-order valence-electron chi connectivity index (χ2n) is 11.2. The van der Waals surface area contributed by atoms with Gasteiger partial charge in [0.2, 0.25) is 0 Å². The smallest absolute Gasteiger partial charge is 0.198 e. The van der Waals surface area contributed by atoms with E-state index < -0.39 is 11.8 Å². The van der Waals surface area contributed by atoms with Crippen molar-refractivity contribution in [2.45, 2.75) is 71.4 Å². The number of aromatic nitrogens is 2. The van der Waals surface area contributed by atoms with Gasteiger partial charge in [-0.05, 0) is 58.8 Å². The van der Waals surface area contributed by atoms with E-state index in [0.29, 0.717) is 29.3 Å². The van der Waals surface area contributed by atoms with Crippen molar-refractivity contribution in [3.05, 3.63) is 46.0 Å². The molecule has 1 aromatic carbocycles. The number of carboxylic acids is 1. The summed E-state index contributed by atoms with van der Waals surface area (Å²) in [5, 5.41) is 14.7. The van der Waals surface area contributed by atoms with Gasteiger partial charge in [0.15, 0.2) is 23.0 Å². The van der Waals surface area contributed by atoms with Crippen LogP contribution in [0, 0.1) is 23.7 Å². The first-order valence-corrected chi connectivity index (χ1v) is 14.4. The van der Waals surface area contributed by atoms with E-state index in [9.17, 15) is 14.7 Å². The van der Waals surface area contributed by atoms with Crippen LogP contribution in [0.5, 0.6) is 0 Å². The highest BCUT2D eigenvalue weighted by Gasteiger charge is 2.52. The molecule has 2 aliphatic rings. The number of H-pyrrole nitrogens is 1. The molecule has 0 bridgehead atoms. The minimum absolute atomic E-state index is 0.0131. The van der Waals surface area contributed by atoms with Gasteiger partial charge in [0.1, 0.15) is 5.52 Å². The Kier molecular flexibility index (Phi) is 7.65. The molecule has 39 heavy (non-hydrogen) atoms. The van der Waals surface area contributed by atoms with E-state index in [1.165, 1.54) is 0 Å². The van der Waals surface area contributed by atoms with Crippen LogP contribution in [0.2, 0.25) is 0 Å². The van der Waals surface area contributed by atoms with Crippen molar-refractivity contribution in [1.82, 2.24) is 9.97 Å². The first kappa shape index (κ1) is 27.9. The van der Waals surface area contributed by atoms with Crippen LogP contribution in [0.25, 0.3) is 11.1 Å². The third-order valence-corrected chi connectivity index (χ3v) is 9.04. The van der Waals surface area contributed by atoms with Crippen LogP contribution in [0.15, 0.2) is 33.3 Å². The standard InChI is InChI=1S/C29H36BrN3O6/c1-14-8-9-29(16(3)10-15(2)27(39-29)17(4)26(34)20-11-18(30)13-32-20)38-22(14)12-23-33-25-21(37-23)7-6-19(31-5)24(25)28(35)36/h6-7,11,13-17,22,27,31-32H,8-10,12H2,1-5H3,(H,35,36)/p-1/t14-,15+,16+,17-,22-,27-,29-/m0/s1. The number of aromatic amines is 1. The molecule has 9 nitrogen and oxygen atoms in total. The van der Waals surface area contributed by atoms with Gasteiger partial charge in [-0.15, -0.1) is 0 Å². The van der Waals surface area contributed by atoms with Gasteiger partial charge in [-0.3, -0.25) is 4.79 Å². The maximum absolute atomic E-state index is 13.3. The van der Waals surface area contributed by atoms with Crippen LogP contribution in [-0.2, 0) is 15.9 Å². The van der Waals surface area contributed by atoms with Gasteiger partial charge >= 0.3 is 0 Å². The van der Waals surface area contributed by atoms with Gasteiger partial charge in [-0.25, -0.2) is 4.98 Å². The van der Waals surface area contributed by atoms with Gasteiger partial charge in [-0.2, -0.15) is 0 Å². The molecular weight excluding hydrogens is 566 g/mol. The number of halogens is 1. The van der Waals surface area contributed by atoms with Crippen LogP contribution >= 0.6 is 15.9 Å². The highest BCUT2D eigenvalue weighted by Crippen LogP contribution is 2.48. The number of nitrogens with one attached hydrogen (secondary N) is 2. The zero-order valence-corrected chi connectivity index (χ0v) is 24.5. The summed E-state index contributed by atoms with van der Waals surface area (Å²) in [6, 6.07) is 5.14. The molecule has 2 N–H and O–H groups in total. The lowest BCUT2D eigenvalue weighted by Gasteiger charge is -2.53. The van der Waals surface area contributed by atoms with Crippen LogP contribution in [0.4, 0.5) is 5.69 Å². The number of Topliss-reactive ketones (excluding diaryl/α,β-unsaturated/α-hetero) is 1. The van der Waals surface area contributed by atoms with Gasteiger partial charge in [0.25, 0.3) is 0 Å². The maximum atomic E-state index is 13.3. The Bertz CT molecular complexity index is 1380. The summed E-state index contributed by atoms with van der Waals surface area (Å²) in [5.41, 5.74) is 1.61. The molecule has 210 valence electrons. The lowest BCUT2D eigenvalue weighted by molar-refractivity contribution is -0.355. The minimum atomic E-state index is -1.31.